The first-order valence-electron chi connectivity index (χ1n) is 38.1. The van der Waals surface area contributed by atoms with E-state index in [1.165, 1.54) is 224 Å². The van der Waals surface area contributed by atoms with Gasteiger partial charge in [-0.2, -0.15) is 0 Å². The zero-order chi connectivity index (χ0) is 83.2. The number of rotatable bonds is 39. The van der Waals surface area contributed by atoms with E-state index >= 15 is 105 Å². The van der Waals surface area contributed by atoms with Crippen molar-refractivity contribution in [3.63, 3.8) is 0 Å². The van der Waals surface area contributed by atoms with Crippen LogP contribution in [0.3, 0.4) is 0 Å². The molecule has 0 aliphatic rings. The highest BCUT2D eigenvalue weighted by Gasteiger charge is 2.52. The van der Waals surface area contributed by atoms with Crippen molar-refractivity contribution in [3.05, 3.63) is 193 Å². The molecule has 0 saturated heterocycles. The molecule has 1 nitrogen and oxygen atoms in total. The normalized spacial score (nSPS) is 12.1. The number of para-hydroxylation sites is 1. The number of halogens is 28. The van der Waals surface area contributed by atoms with Crippen molar-refractivity contribution >= 4 is 76.8 Å². The topological polar surface area (TPSA) is 4.44 Å². The van der Waals surface area contributed by atoms with Gasteiger partial charge in [0, 0.05) is 5.56 Å². The summed E-state index contributed by atoms with van der Waals surface area (Å²) in [5.41, 5.74) is -12.4. The fraction of sp³-hybridized carbons (Fsp3) is 0.446. The number of nitrogens with one attached hydrogen (secondary N) is 1. The van der Waals surface area contributed by atoms with Crippen molar-refractivity contribution in [1.82, 2.24) is 0 Å². The van der Waals surface area contributed by atoms with Gasteiger partial charge < -0.3 is 4.90 Å². The summed E-state index contributed by atoms with van der Waals surface area (Å²) in [5, 5.41) is -27.0. The van der Waals surface area contributed by atoms with Crippen LogP contribution in [0.4, 0.5) is 129 Å². The largest absolute Gasteiger partial charge is 0.302 e. The van der Waals surface area contributed by atoms with Crippen molar-refractivity contribution in [2.24, 2.45) is 0 Å². The third kappa shape index (κ3) is 18.4. The van der Waals surface area contributed by atoms with Crippen LogP contribution in [0.25, 0.3) is 43.1 Å². The molecule has 0 spiro atoms. The molecule has 0 aliphatic heterocycles. The summed E-state index contributed by atoms with van der Waals surface area (Å²) in [5.74, 6) is -104. The van der Waals surface area contributed by atoms with E-state index in [0.717, 1.165) is 0 Å². The molecule has 0 aromatic heterocycles. The highest BCUT2D eigenvalue weighted by molar-refractivity contribution is 7.23. The highest BCUT2D eigenvalue weighted by Crippen LogP contribution is 2.42. The summed E-state index contributed by atoms with van der Waals surface area (Å²) in [6, 6.07) is 9.17. The maximum absolute atomic E-state index is 17.3. The van der Waals surface area contributed by atoms with E-state index in [-0.39, 0.29) is 0 Å². The monoisotopic (exact) mass is 1640 g/mol. The summed E-state index contributed by atoms with van der Waals surface area (Å²) in [7, 11) is 0. The van der Waals surface area contributed by atoms with Crippen LogP contribution in [0.15, 0.2) is 24.3 Å². The van der Waals surface area contributed by atoms with Gasteiger partial charge in [0.1, 0.15) is 35.1 Å². The molecule has 0 unspecified atom stereocenters. The van der Waals surface area contributed by atoms with Gasteiger partial charge in [0.2, 0.25) is 0 Å². The predicted molar refractivity (Wildman–Crippen MR) is 380 cm³/mol. The Morgan fingerprint density at radius 1 is 0.195 bits per heavy atom. The summed E-state index contributed by atoms with van der Waals surface area (Å²) in [6.07, 6.45) is 38.4. The van der Waals surface area contributed by atoms with E-state index < -0.39 is 234 Å². The Hall–Kier alpha value is -7.92. The second-order valence-electron chi connectivity index (χ2n) is 28.8. The maximum Gasteiger partial charge on any atom is 0.198 e. The van der Waals surface area contributed by atoms with Gasteiger partial charge in [-0.25, -0.2) is 123 Å². The van der Waals surface area contributed by atoms with Gasteiger partial charge in [0.25, 0.3) is 0 Å². The van der Waals surface area contributed by atoms with Crippen LogP contribution in [-0.4, -0.2) is 19.2 Å². The number of quaternary nitrogens is 1. The molecule has 618 valence electrons. The van der Waals surface area contributed by atoms with Crippen molar-refractivity contribution in [2.45, 2.75) is 226 Å². The molecule has 0 atom stereocenters. The van der Waals surface area contributed by atoms with Crippen molar-refractivity contribution in [2.75, 3.05) is 13.1 Å². The van der Waals surface area contributed by atoms with Crippen LogP contribution in [0.2, 0.25) is 0 Å². The predicted octanol–water partition coefficient (Wildman–Crippen LogP) is 25.6. The van der Waals surface area contributed by atoms with E-state index in [1.54, 1.807) is 10.6 Å². The third-order valence-electron chi connectivity index (χ3n) is 21.4. The number of unbranched alkanes of at least 4 members (excludes halogenated alkanes) is 30. The Morgan fingerprint density at radius 2 is 0.354 bits per heavy atom. The minimum atomic E-state index is -8.05. The van der Waals surface area contributed by atoms with E-state index in [0.29, 0.717) is 0 Å². The van der Waals surface area contributed by atoms with Crippen molar-refractivity contribution in [3.8, 4) is 0 Å². The highest BCUT2D eigenvalue weighted by atomic mass is 19.2. The molecular weight excluding hydrogens is 1550 g/mol. The zero-order valence-corrected chi connectivity index (χ0v) is 62.0. The second kappa shape index (κ2) is 40.6. The second-order valence-corrected chi connectivity index (χ2v) is 28.8. The molecule has 0 radical (unpaired) electrons. The summed E-state index contributed by atoms with van der Waals surface area (Å²) in [6.45, 7) is 9.58. The van der Waals surface area contributed by atoms with Gasteiger partial charge in [-0.05, 0) is 60.2 Å². The molecule has 0 aliphatic carbocycles. The molecule has 1 N–H and O–H groups in total. The molecule has 0 bridgehead atoms. The van der Waals surface area contributed by atoms with Crippen LogP contribution >= 0.6 is 0 Å². The summed E-state index contributed by atoms with van der Waals surface area (Å²) < 4.78 is 446. The fourth-order valence-corrected chi connectivity index (χ4v) is 15.7. The number of aryl methyl sites for hydroxylation is 1. The lowest BCUT2D eigenvalue weighted by Gasteiger charge is -2.47. The minimum absolute atomic E-state index is 1.32. The number of benzene rings is 9. The lowest BCUT2D eigenvalue weighted by atomic mass is 9.11. The first kappa shape index (κ1) is 90.6. The Morgan fingerprint density at radius 3 is 0.540 bits per heavy atom. The van der Waals surface area contributed by atoms with E-state index in [4.69, 9.17) is 0 Å². The van der Waals surface area contributed by atoms with Crippen molar-refractivity contribution in [1.29, 1.82) is 0 Å². The van der Waals surface area contributed by atoms with E-state index in [9.17, 15) is 17.6 Å². The Balaban J connectivity index is 0.000000315. The summed E-state index contributed by atoms with van der Waals surface area (Å²) in [4.78, 5) is 1.75. The fourth-order valence-electron chi connectivity index (χ4n) is 15.7. The smallest absolute Gasteiger partial charge is 0.198 e. The average molecular weight is 1640 g/mol. The molecule has 0 saturated carbocycles. The van der Waals surface area contributed by atoms with Crippen LogP contribution < -0.4 is 26.8 Å². The summed E-state index contributed by atoms with van der Waals surface area (Å²) >= 11 is 0. The molecular formula is C83H82BF28N. The number of fused-ring (bicyclic) bond motifs is 4. The quantitative estimate of drug-likeness (QED) is 0.0129. The van der Waals surface area contributed by atoms with Gasteiger partial charge in [0.05, 0.1) is 34.6 Å². The molecule has 0 amide bonds. The Bertz CT molecular complexity index is 4350. The molecule has 0 heterocycles. The van der Waals surface area contributed by atoms with Gasteiger partial charge in [-0.3, -0.25) is 0 Å². The lowest BCUT2D eigenvalue weighted by Crippen LogP contribution is -3.07. The van der Waals surface area contributed by atoms with Gasteiger partial charge >= 0.3 is 0 Å². The van der Waals surface area contributed by atoms with E-state index in [2.05, 4.69) is 45.0 Å². The maximum atomic E-state index is 17.3. The number of hydrogen-bond acceptors (Lipinski definition) is 0. The zero-order valence-electron chi connectivity index (χ0n) is 62.0. The van der Waals surface area contributed by atoms with E-state index in [1.807, 2.05) is 0 Å². The average Bonchev–Trinajstić information content (AvgIpc) is 0.661. The third-order valence-corrected chi connectivity index (χ3v) is 21.4. The molecule has 9 rings (SSSR count). The van der Waals surface area contributed by atoms with Crippen LogP contribution in [-0.2, 0) is 0 Å². The molecule has 113 heavy (non-hydrogen) atoms. The number of hydrogen-bond donors (Lipinski definition) is 1. The minimum Gasteiger partial charge on any atom is -0.302 e. The standard InChI is InChI=1S/C43H81N.C40BF28/c1-4-6-8-10-12-14-16-18-20-22-24-26-28-30-32-36-40-44(43-39-35-34-38-42(43)3)41-37-33-31-29-27-25-23-21-19-17-15-13-11-9-7-5-2;42-13-1-5(21(50)37(66)33(13)62)17(46)29(58)25(54)9(1)41(10-2-6(18(47)30(59)26(10)55)22(51)38(67)34(63)14(2)43,11-3-7(19(48)31(60)27(11)56)23(52)39(68)35(64)15(3)44)12-4-8(20(49)32(61)28(12)57)24(53)40(69)36(65)16(4)45/h34-35,38-39H,4-33,36-37,40-41H2,1-3H3;/q;-1/p+1. The Kier molecular flexibility index (Phi) is 32.5. The molecule has 9 aromatic carbocycles. The molecule has 30 heteroatoms. The van der Waals surface area contributed by atoms with Crippen molar-refractivity contribution < 1.29 is 128 Å². The lowest BCUT2D eigenvalue weighted by molar-refractivity contribution is -0.833. The van der Waals surface area contributed by atoms with Gasteiger partial charge in [0.15, 0.2) is 140 Å². The Labute approximate surface area is 634 Å². The van der Waals surface area contributed by atoms with Crippen LogP contribution in [0.5, 0.6) is 0 Å². The molecule has 0 fully saturated rings. The first-order chi connectivity index (χ1) is 53.8. The van der Waals surface area contributed by atoms with Crippen LogP contribution in [0, 0.1) is 170 Å². The van der Waals surface area contributed by atoms with Gasteiger partial charge in [-0.15, -0.1) is 21.9 Å². The SMILES string of the molecule is CCCCCCCCCCCCCCCCCC[NH+](CCCCCCCCCCCCCCCCCC)c1ccccc1C.Fc1c(F)c(F)c2c([B-](c3c(F)c(F)c(F)c4c(F)c(F)c(F)c(F)c34)(c3c(F)c(F)c(F)c4c(F)c(F)c(F)c(F)c34)c3c(F)c(F)c(F)c4c(F)c(F)c(F)c(F)c34)c(F)c(F)c(F)c2c1F. The van der Waals surface area contributed by atoms with Gasteiger partial charge in [-0.1, -0.05) is 212 Å². The molecule has 9 aromatic rings. The first-order valence-corrected chi connectivity index (χ1v) is 38.1. The van der Waals surface area contributed by atoms with Crippen LogP contribution in [0.1, 0.15) is 225 Å².